The first kappa shape index (κ1) is 15.4. The highest BCUT2D eigenvalue weighted by molar-refractivity contribution is 9.10. The van der Waals surface area contributed by atoms with Gasteiger partial charge >= 0.3 is 0 Å². The predicted octanol–water partition coefficient (Wildman–Crippen LogP) is 5.53. The molecule has 1 heterocycles. The van der Waals surface area contributed by atoms with Gasteiger partial charge in [0.1, 0.15) is 0 Å². The molecule has 0 spiro atoms. The van der Waals surface area contributed by atoms with Crippen LogP contribution in [0.1, 0.15) is 31.7 Å². The van der Waals surface area contributed by atoms with Gasteiger partial charge < -0.3 is 10.2 Å². The summed E-state index contributed by atoms with van der Waals surface area (Å²) >= 11 is 5.37. The minimum Gasteiger partial charge on any atom is -0.378 e. The number of anilines is 2. The predicted molar refractivity (Wildman–Crippen MR) is 94.1 cm³/mol. The van der Waals surface area contributed by atoms with E-state index < -0.39 is 0 Å². The maximum atomic E-state index is 3.59. The highest BCUT2D eigenvalue weighted by Gasteiger charge is 2.10. The molecule has 0 saturated carbocycles. The van der Waals surface area contributed by atoms with E-state index in [-0.39, 0.29) is 0 Å². The molecule has 0 amide bonds. The average molecular weight is 353 g/mol. The Morgan fingerprint density at radius 1 is 1.15 bits per heavy atom. The zero-order valence-corrected chi connectivity index (χ0v) is 14.6. The van der Waals surface area contributed by atoms with Crippen LogP contribution < -0.4 is 10.2 Å². The third-order valence-corrected chi connectivity index (χ3v) is 5.47. The van der Waals surface area contributed by atoms with Crippen molar-refractivity contribution in [3.8, 4) is 0 Å². The highest BCUT2D eigenvalue weighted by Crippen LogP contribution is 2.31. The maximum absolute atomic E-state index is 3.59. The van der Waals surface area contributed by atoms with Crippen LogP contribution in [0.4, 0.5) is 11.4 Å². The SMILES string of the molecule is CCN(CC)c1ccc(NC(C)c2sccc2Br)cc1. The summed E-state index contributed by atoms with van der Waals surface area (Å²) in [7, 11) is 0. The number of hydrogen-bond acceptors (Lipinski definition) is 3. The van der Waals surface area contributed by atoms with E-state index in [9.17, 15) is 0 Å². The normalized spacial score (nSPS) is 12.2. The van der Waals surface area contributed by atoms with E-state index in [1.54, 1.807) is 11.3 Å². The molecule has 2 rings (SSSR count). The molecule has 0 aliphatic carbocycles. The summed E-state index contributed by atoms with van der Waals surface area (Å²) in [4.78, 5) is 3.68. The number of halogens is 1. The second-order valence-corrected chi connectivity index (χ2v) is 6.52. The molecule has 2 nitrogen and oxygen atoms in total. The standard InChI is InChI=1S/C16H21BrN2S/c1-4-19(5-2)14-8-6-13(7-9-14)18-12(3)16-15(17)10-11-20-16/h6-12,18H,4-5H2,1-3H3. The largest absolute Gasteiger partial charge is 0.378 e. The van der Waals surface area contributed by atoms with E-state index >= 15 is 0 Å². The number of nitrogens with zero attached hydrogens (tertiary/aromatic N) is 1. The topological polar surface area (TPSA) is 15.3 Å². The van der Waals surface area contributed by atoms with Gasteiger partial charge in [-0.15, -0.1) is 11.3 Å². The first-order valence-corrected chi connectivity index (χ1v) is 8.67. The highest BCUT2D eigenvalue weighted by atomic mass is 79.9. The first-order chi connectivity index (χ1) is 9.65. The second kappa shape index (κ2) is 7.14. The Hall–Kier alpha value is -1.00. The average Bonchev–Trinajstić information content (AvgIpc) is 2.88. The molecule has 0 bridgehead atoms. The van der Waals surface area contributed by atoms with Crippen LogP contribution in [0, 0.1) is 0 Å². The van der Waals surface area contributed by atoms with Crippen LogP contribution in [0.25, 0.3) is 0 Å². The molecule has 1 aromatic heterocycles. The summed E-state index contributed by atoms with van der Waals surface area (Å²) in [5.74, 6) is 0. The van der Waals surface area contributed by atoms with Crippen LogP contribution in [-0.2, 0) is 0 Å². The van der Waals surface area contributed by atoms with E-state index in [1.165, 1.54) is 15.0 Å². The van der Waals surface area contributed by atoms with Crippen molar-refractivity contribution in [3.05, 3.63) is 45.1 Å². The lowest BCUT2D eigenvalue weighted by molar-refractivity contribution is 0.865. The summed E-state index contributed by atoms with van der Waals surface area (Å²) < 4.78 is 1.18. The van der Waals surface area contributed by atoms with Gasteiger partial charge in [0.15, 0.2) is 0 Å². The molecule has 0 aliphatic heterocycles. The lowest BCUT2D eigenvalue weighted by Crippen LogP contribution is -2.21. The molecule has 0 saturated heterocycles. The molecule has 4 heteroatoms. The molecule has 108 valence electrons. The fourth-order valence-electron chi connectivity index (χ4n) is 2.29. The molecule has 0 fully saturated rings. The van der Waals surface area contributed by atoms with Crippen LogP contribution in [-0.4, -0.2) is 13.1 Å². The van der Waals surface area contributed by atoms with E-state index in [0.717, 1.165) is 18.8 Å². The van der Waals surface area contributed by atoms with Gasteiger partial charge in [-0.3, -0.25) is 0 Å². The van der Waals surface area contributed by atoms with Gasteiger partial charge in [0, 0.05) is 33.8 Å². The molecule has 0 aliphatic rings. The Morgan fingerprint density at radius 3 is 2.30 bits per heavy atom. The number of nitrogens with one attached hydrogen (secondary N) is 1. The minimum atomic E-state index is 0.309. The summed E-state index contributed by atoms with van der Waals surface area (Å²) in [6, 6.07) is 11.1. The Labute approximate surface area is 133 Å². The third-order valence-electron chi connectivity index (χ3n) is 3.42. The summed E-state index contributed by atoms with van der Waals surface area (Å²) in [5.41, 5.74) is 2.44. The van der Waals surface area contributed by atoms with E-state index in [2.05, 4.69) is 82.6 Å². The van der Waals surface area contributed by atoms with E-state index in [4.69, 9.17) is 0 Å². The van der Waals surface area contributed by atoms with Crippen molar-refractivity contribution < 1.29 is 0 Å². The van der Waals surface area contributed by atoms with Crippen LogP contribution >= 0.6 is 27.3 Å². The van der Waals surface area contributed by atoms with Crippen LogP contribution in [0.15, 0.2) is 40.2 Å². The summed E-state index contributed by atoms with van der Waals surface area (Å²) in [6.45, 7) is 8.65. The number of rotatable bonds is 6. The van der Waals surface area contributed by atoms with Crippen LogP contribution in [0.3, 0.4) is 0 Å². The monoisotopic (exact) mass is 352 g/mol. The Balaban J connectivity index is 2.06. The zero-order valence-electron chi connectivity index (χ0n) is 12.2. The second-order valence-electron chi connectivity index (χ2n) is 4.72. The molecule has 1 N–H and O–H groups in total. The Bertz CT molecular complexity index is 532. The van der Waals surface area contributed by atoms with Crippen LogP contribution in [0.2, 0.25) is 0 Å². The summed E-state index contributed by atoms with van der Waals surface area (Å²) in [5, 5.41) is 5.66. The van der Waals surface area contributed by atoms with Crippen molar-refractivity contribution in [2.24, 2.45) is 0 Å². The van der Waals surface area contributed by atoms with Crippen molar-refractivity contribution in [2.45, 2.75) is 26.8 Å². The molecule has 0 radical (unpaired) electrons. The van der Waals surface area contributed by atoms with Gasteiger partial charge in [-0.05, 0) is 72.4 Å². The Morgan fingerprint density at radius 2 is 1.80 bits per heavy atom. The van der Waals surface area contributed by atoms with Gasteiger partial charge in [0.2, 0.25) is 0 Å². The maximum Gasteiger partial charge on any atom is 0.0589 e. The fourth-order valence-corrected chi connectivity index (χ4v) is 4.01. The van der Waals surface area contributed by atoms with Gasteiger partial charge in [-0.1, -0.05) is 0 Å². The number of hydrogen-bond donors (Lipinski definition) is 1. The van der Waals surface area contributed by atoms with Crippen molar-refractivity contribution in [3.63, 3.8) is 0 Å². The zero-order chi connectivity index (χ0) is 14.5. The molecule has 2 aromatic rings. The Kier molecular flexibility index (Phi) is 5.49. The van der Waals surface area contributed by atoms with Crippen molar-refractivity contribution in [1.29, 1.82) is 0 Å². The quantitative estimate of drug-likeness (QED) is 0.735. The summed E-state index contributed by atoms with van der Waals surface area (Å²) in [6.07, 6.45) is 0. The number of thiophene rings is 1. The van der Waals surface area contributed by atoms with Gasteiger partial charge in [-0.2, -0.15) is 0 Å². The van der Waals surface area contributed by atoms with Crippen molar-refractivity contribution >= 4 is 38.6 Å². The molecule has 1 aromatic carbocycles. The fraction of sp³-hybridized carbons (Fsp3) is 0.375. The van der Waals surface area contributed by atoms with Crippen molar-refractivity contribution in [1.82, 2.24) is 0 Å². The molecular formula is C16H21BrN2S. The van der Waals surface area contributed by atoms with Gasteiger partial charge in [0.05, 0.1) is 6.04 Å². The van der Waals surface area contributed by atoms with Gasteiger partial charge in [-0.25, -0.2) is 0 Å². The first-order valence-electron chi connectivity index (χ1n) is 7.00. The minimum absolute atomic E-state index is 0.309. The third kappa shape index (κ3) is 3.55. The lowest BCUT2D eigenvalue weighted by Gasteiger charge is -2.22. The molecule has 1 unspecified atom stereocenters. The van der Waals surface area contributed by atoms with Crippen LogP contribution in [0.5, 0.6) is 0 Å². The van der Waals surface area contributed by atoms with Crippen molar-refractivity contribution in [2.75, 3.05) is 23.3 Å². The number of benzene rings is 1. The smallest absolute Gasteiger partial charge is 0.0589 e. The molecular weight excluding hydrogens is 332 g/mol. The van der Waals surface area contributed by atoms with E-state index in [1.807, 2.05) is 0 Å². The lowest BCUT2D eigenvalue weighted by atomic mass is 10.2. The van der Waals surface area contributed by atoms with Gasteiger partial charge in [0.25, 0.3) is 0 Å². The molecule has 1 atom stereocenters. The molecule has 20 heavy (non-hydrogen) atoms. The van der Waals surface area contributed by atoms with E-state index in [0.29, 0.717) is 6.04 Å².